The summed E-state index contributed by atoms with van der Waals surface area (Å²) in [6.45, 7) is 0. The van der Waals surface area contributed by atoms with Gasteiger partial charge >= 0.3 is 5.97 Å². The van der Waals surface area contributed by atoms with Crippen molar-refractivity contribution in [1.82, 2.24) is 5.43 Å². The molecule has 1 aromatic heterocycles. The third kappa shape index (κ3) is 5.08. The van der Waals surface area contributed by atoms with Gasteiger partial charge in [-0.05, 0) is 42.0 Å². The van der Waals surface area contributed by atoms with Crippen molar-refractivity contribution >= 4 is 29.7 Å². The maximum atomic E-state index is 11.9. The highest BCUT2D eigenvalue weighted by molar-refractivity contribution is 6.30. The third-order valence-corrected chi connectivity index (χ3v) is 4.11. The van der Waals surface area contributed by atoms with Crippen LogP contribution in [0.5, 0.6) is 0 Å². The topological polar surface area (TPSA) is 80.9 Å². The van der Waals surface area contributed by atoms with Gasteiger partial charge in [0.1, 0.15) is 11.5 Å². The predicted octanol–water partition coefficient (Wildman–Crippen LogP) is 4.08. The van der Waals surface area contributed by atoms with E-state index in [1.54, 1.807) is 54.6 Å². The van der Waals surface area contributed by atoms with E-state index in [1.165, 1.54) is 13.3 Å². The molecule has 0 aliphatic rings. The summed E-state index contributed by atoms with van der Waals surface area (Å²) in [5.74, 6) is 0.361. The molecule has 28 heavy (non-hydrogen) atoms. The summed E-state index contributed by atoms with van der Waals surface area (Å²) in [5, 5.41) is 4.52. The molecule has 1 heterocycles. The van der Waals surface area contributed by atoms with Crippen LogP contribution in [-0.4, -0.2) is 25.2 Å². The number of hydrogen-bond acceptors (Lipinski definition) is 5. The second-order valence-electron chi connectivity index (χ2n) is 5.87. The molecule has 0 spiro atoms. The Bertz CT molecular complexity index is 1010. The number of rotatable bonds is 6. The van der Waals surface area contributed by atoms with Crippen LogP contribution in [0.15, 0.2) is 70.2 Å². The SMILES string of the molecule is COC(=O)c1cccc(-c2ccc(/C=N\NC(=O)Cc3ccc(Cl)cc3)o2)c1. The Morgan fingerprint density at radius 3 is 2.68 bits per heavy atom. The number of hydrogen-bond donors (Lipinski definition) is 1. The minimum atomic E-state index is -0.418. The fourth-order valence-electron chi connectivity index (χ4n) is 2.49. The summed E-state index contributed by atoms with van der Waals surface area (Å²) >= 11 is 5.82. The van der Waals surface area contributed by atoms with Gasteiger partial charge in [-0.25, -0.2) is 10.2 Å². The van der Waals surface area contributed by atoms with E-state index in [4.69, 9.17) is 20.8 Å². The lowest BCUT2D eigenvalue weighted by molar-refractivity contribution is -0.120. The molecule has 6 nitrogen and oxygen atoms in total. The molecule has 3 rings (SSSR count). The van der Waals surface area contributed by atoms with Crippen LogP contribution in [0.25, 0.3) is 11.3 Å². The summed E-state index contributed by atoms with van der Waals surface area (Å²) in [5.41, 5.74) is 4.45. The van der Waals surface area contributed by atoms with Crippen molar-refractivity contribution in [1.29, 1.82) is 0 Å². The summed E-state index contributed by atoms with van der Waals surface area (Å²) < 4.78 is 10.4. The fourth-order valence-corrected chi connectivity index (χ4v) is 2.62. The summed E-state index contributed by atoms with van der Waals surface area (Å²) in [6, 6.07) is 17.4. The Hall–Kier alpha value is -3.38. The number of nitrogens with one attached hydrogen (secondary N) is 1. The van der Waals surface area contributed by atoms with Gasteiger partial charge in [0.2, 0.25) is 5.91 Å². The van der Waals surface area contributed by atoms with E-state index in [2.05, 4.69) is 10.5 Å². The average molecular weight is 397 g/mol. The molecule has 1 N–H and O–H groups in total. The number of esters is 1. The number of carbonyl (C=O) groups is 2. The van der Waals surface area contributed by atoms with Gasteiger partial charge in [0.05, 0.1) is 25.3 Å². The first kappa shape index (κ1) is 19.4. The van der Waals surface area contributed by atoms with Gasteiger partial charge in [0.15, 0.2) is 0 Å². The average Bonchev–Trinajstić information content (AvgIpc) is 3.18. The van der Waals surface area contributed by atoms with Gasteiger partial charge in [0, 0.05) is 10.6 Å². The number of furan rings is 1. The first-order chi connectivity index (χ1) is 13.5. The van der Waals surface area contributed by atoms with Gasteiger partial charge in [-0.1, -0.05) is 35.9 Å². The third-order valence-electron chi connectivity index (χ3n) is 3.85. The molecule has 0 bridgehead atoms. The van der Waals surface area contributed by atoms with E-state index >= 15 is 0 Å². The van der Waals surface area contributed by atoms with Crippen LogP contribution in [0, 0.1) is 0 Å². The van der Waals surface area contributed by atoms with Crippen LogP contribution in [0.4, 0.5) is 0 Å². The largest absolute Gasteiger partial charge is 0.465 e. The van der Waals surface area contributed by atoms with E-state index in [0.29, 0.717) is 22.1 Å². The summed E-state index contributed by atoms with van der Waals surface area (Å²) in [7, 11) is 1.33. The number of hydrazone groups is 1. The second-order valence-corrected chi connectivity index (χ2v) is 6.31. The Morgan fingerprint density at radius 1 is 1.14 bits per heavy atom. The minimum Gasteiger partial charge on any atom is -0.465 e. The van der Waals surface area contributed by atoms with Gasteiger partial charge in [-0.3, -0.25) is 4.79 Å². The number of ether oxygens (including phenoxy) is 1. The van der Waals surface area contributed by atoms with Crippen molar-refractivity contribution < 1.29 is 18.7 Å². The molecule has 142 valence electrons. The normalized spacial score (nSPS) is 10.8. The van der Waals surface area contributed by atoms with E-state index in [-0.39, 0.29) is 12.3 Å². The molecule has 0 radical (unpaired) electrons. The molecular formula is C21H17ClN2O4. The summed E-state index contributed by atoms with van der Waals surface area (Å²) in [6.07, 6.45) is 1.60. The molecule has 0 unspecified atom stereocenters. The summed E-state index contributed by atoms with van der Waals surface area (Å²) in [4.78, 5) is 23.5. The number of nitrogens with zero attached hydrogens (tertiary/aromatic N) is 1. The van der Waals surface area contributed by atoms with Gasteiger partial charge < -0.3 is 9.15 Å². The molecule has 7 heteroatoms. The zero-order valence-electron chi connectivity index (χ0n) is 15.0. The molecule has 1 amide bonds. The van der Waals surface area contributed by atoms with Crippen molar-refractivity contribution in [3.63, 3.8) is 0 Å². The van der Waals surface area contributed by atoms with E-state index in [1.807, 2.05) is 6.07 Å². The van der Waals surface area contributed by atoms with Gasteiger partial charge in [-0.15, -0.1) is 0 Å². The number of halogens is 1. The first-order valence-corrected chi connectivity index (χ1v) is 8.78. The molecule has 0 saturated heterocycles. The monoisotopic (exact) mass is 396 g/mol. The van der Waals surface area contributed by atoms with Crippen LogP contribution in [-0.2, 0) is 16.0 Å². The Balaban J connectivity index is 1.60. The van der Waals surface area contributed by atoms with Crippen molar-refractivity contribution in [2.24, 2.45) is 5.10 Å². The van der Waals surface area contributed by atoms with Crippen molar-refractivity contribution in [2.75, 3.05) is 7.11 Å². The quantitative estimate of drug-likeness (QED) is 0.386. The molecule has 2 aromatic carbocycles. The zero-order chi connectivity index (χ0) is 19.9. The lowest BCUT2D eigenvalue weighted by atomic mass is 10.1. The number of carbonyl (C=O) groups excluding carboxylic acids is 2. The minimum absolute atomic E-state index is 0.193. The lowest BCUT2D eigenvalue weighted by Gasteiger charge is -2.01. The van der Waals surface area contributed by atoms with E-state index < -0.39 is 5.97 Å². The lowest BCUT2D eigenvalue weighted by Crippen LogP contribution is -2.19. The highest BCUT2D eigenvalue weighted by Gasteiger charge is 2.09. The second kappa shape index (κ2) is 9.01. The standard InChI is InChI=1S/C21H17ClN2O4/c1-27-21(26)16-4-2-3-15(12-16)19-10-9-18(28-19)13-23-24-20(25)11-14-5-7-17(22)8-6-14/h2-10,12-13H,11H2,1H3,(H,24,25)/b23-13-. The van der Waals surface area contributed by atoms with Crippen LogP contribution < -0.4 is 5.43 Å². The first-order valence-electron chi connectivity index (χ1n) is 8.40. The Labute approximate surface area is 166 Å². The molecule has 0 saturated carbocycles. The molecule has 0 aliphatic heterocycles. The number of methoxy groups -OCH3 is 1. The molecule has 0 atom stereocenters. The molecule has 0 aliphatic carbocycles. The number of benzene rings is 2. The Kier molecular flexibility index (Phi) is 6.24. The van der Waals surface area contributed by atoms with E-state index in [9.17, 15) is 9.59 Å². The smallest absolute Gasteiger partial charge is 0.337 e. The predicted molar refractivity (Wildman–Crippen MR) is 106 cm³/mol. The molecule has 3 aromatic rings. The van der Waals surface area contributed by atoms with Crippen molar-refractivity contribution in [2.45, 2.75) is 6.42 Å². The van der Waals surface area contributed by atoms with E-state index in [0.717, 1.165) is 11.1 Å². The molecule has 0 fully saturated rings. The maximum Gasteiger partial charge on any atom is 0.337 e. The fraction of sp³-hybridized carbons (Fsp3) is 0.0952. The van der Waals surface area contributed by atoms with Crippen molar-refractivity contribution in [3.8, 4) is 11.3 Å². The highest BCUT2D eigenvalue weighted by Crippen LogP contribution is 2.23. The van der Waals surface area contributed by atoms with Crippen LogP contribution in [0.3, 0.4) is 0 Å². The van der Waals surface area contributed by atoms with Crippen LogP contribution in [0.1, 0.15) is 21.7 Å². The highest BCUT2D eigenvalue weighted by atomic mass is 35.5. The van der Waals surface area contributed by atoms with Gasteiger partial charge in [0.25, 0.3) is 0 Å². The van der Waals surface area contributed by atoms with Crippen molar-refractivity contribution in [3.05, 3.63) is 82.6 Å². The Morgan fingerprint density at radius 2 is 1.93 bits per heavy atom. The molecular weight excluding hydrogens is 380 g/mol. The number of amides is 1. The van der Waals surface area contributed by atoms with Gasteiger partial charge in [-0.2, -0.15) is 5.10 Å². The zero-order valence-corrected chi connectivity index (χ0v) is 15.8. The van der Waals surface area contributed by atoms with Crippen LogP contribution in [0.2, 0.25) is 5.02 Å². The van der Waals surface area contributed by atoms with Crippen LogP contribution >= 0.6 is 11.6 Å². The maximum absolute atomic E-state index is 11.9.